The fourth-order valence-corrected chi connectivity index (χ4v) is 1.85. The molecule has 2 nitrogen and oxygen atoms in total. The normalized spacial score (nSPS) is 28.8. The molecule has 0 amide bonds. The highest BCUT2D eigenvalue weighted by Crippen LogP contribution is 2.36. The van der Waals surface area contributed by atoms with Crippen molar-refractivity contribution in [2.45, 2.75) is 37.7 Å². The van der Waals surface area contributed by atoms with Crippen LogP contribution in [0.15, 0.2) is 12.3 Å². The van der Waals surface area contributed by atoms with Crippen molar-refractivity contribution in [3.63, 3.8) is 0 Å². The Bertz CT molecular complexity index is 147. The summed E-state index contributed by atoms with van der Waals surface area (Å²) < 4.78 is 0. The van der Waals surface area contributed by atoms with E-state index < -0.39 is 0 Å². The maximum Gasteiger partial charge on any atom is 0.0994 e. The minimum atomic E-state index is 0.175. The van der Waals surface area contributed by atoms with Crippen LogP contribution in [0.3, 0.4) is 0 Å². The SMILES string of the molecule is C1=CNOC2(C1)CCCC2. The van der Waals surface area contributed by atoms with Crippen LogP contribution in [-0.4, -0.2) is 5.60 Å². The van der Waals surface area contributed by atoms with Crippen LogP contribution in [0.5, 0.6) is 0 Å². The lowest BCUT2D eigenvalue weighted by Crippen LogP contribution is -2.35. The Morgan fingerprint density at radius 1 is 1.30 bits per heavy atom. The lowest BCUT2D eigenvalue weighted by Gasteiger charge is -2.29. The largest absolute Gasteiger partial charge is 0.274 e. The second kappa shape index (κ2) is 2.27. The van der Waals surface area contributed by atoms with Crippen LogP contribution in [0.4, 0.5) is 0 Å². The topological polar surface area (TPSA) is 21.3 Å². The first-order valence-electron chi connectivity index (χ1n) is 4.00. The molecular formula is C8H13NO. The van der Waals surface area contributed by atoms with Crippen LogP contribution in [0.25, 0.3) is 0 Å². The molecule has 0 bridgehead atoms. The molecule has 1 N–H and O–H groups in total. The number of hydroxylamine groups is 1. The molecule has 1 heterocycles. The van der Waals surface area contributed by atoms with Crippen molar-refractivity contribution < 1.29 is 4.84 Å². The molecule has 0 aromatic rings. The summed E-state index contributed by atoms with van der Waals surface area (Å²) in [4.78, 5) is 5.49. The van der Waals surface area contributed by atoms with Crippen LogP contribution < -0.4 is 5.48 Å². The zero-order valence-electron chi connectivity index (χ0n) is 6.10. The Morgan fingerprint density at radius 3 is 2.70 bits per heavy atom. The van der Waals surface area contributed by atoms with E-state index in [9.17, 15) is 0 Å². The average Bonchev–Trinajstić information content (AvgIpc) is 2.39. The molecule has 0 aromatic carbocycles. The Balaban J connectivity index is 2.06. The minimum Gasteiger partial charge on any atom is -0.274 e. The predicted octanol–water partition coefficient (Wildman–Crippen LogP) is 1.74. The minimum absolute atomic E-state index is 0.175. The van der Waals surface area contributed by atoms with Gasteiger partial charge in [0.25, 0.3) is 0 Å². The van der Waals surface area contributed by atoms with E-state index in [-0.39, 0.29) is 5.60 Å². The molecular weight excluding hydrogens is 126 g/mol. The van der Waals surface area contributed by atoms with Crippen LogP contribution in [-0.2, 0) is 4.84 Å². The monoisotopic (exact) mass is 139 g/mol. The van der Waals surface area contributed by atoms with Gasteiger partial charge in [-0.2, -0.15) is 0 Å². The molecule has 0 aromatic heterocycles. The zero-order valence-corrected chi connectivity index (χ0v) is 6.10. The number of hydrogen-bond donors (Lipinski definition) is 1. The first-order valence-corrected chi connectivity index (χ1v) is 4.00. The van der Waals surface area contributed by atoms with Crippen molar-refractivity contribution in [3.8, 4) is 0 Å². The van der Waals surface area contributed by atoms with E-state index in [1.165, 1.54) is 25.7 Å². The second-order valence-corrected chi connectivity index (χ2v) is 3.22. The van der Waals surface area contributed by atoms with E-state index in [1.54, 1.807) is 0 Å². The van der Waals surface area contributed by atoms with E-state index in [1.807, 2.05) is 6.20 Å². The van der Waals surface area contributed by atoms with E-state index in [2.05, 4.69) is 11.6 Å². The van der Waals surface area contributed by atoms with Gasteiger partial charge in [-0.1, -0.05) is 18.9 Å². The Kier molecular flexibility index (Phi) is 1.42. The van der Waals surface area contributed by atoms with Gasteiger partial charge >= 0.3 is 0 Å². The first kappa shape index (κ1) is 6.23. The van der Waals surface area contributed by atoms with Crippen molar-refractivity contribution >= 4 is 0 Å². The summed E-state index contributed by atoms with van der Waals surface area (Å²) in [7, 11) is 0. The van der Waals surface area contributed by atoms with Gasteiger partial charge in [-0.05, 0) is 19.3 Å². The third-order valence-electron chi connectivity index (χ3n) is 2.47. The predicted molar refractivity (Wildman–Crippen MR) is 39.2 cm³/mol. The maximum absolute atomic E-state index is 5.49. The van der Waals surface area contributed by atoms with Gasteiger partial charge in [0.05, 0.1) is 5.60 Å². The van der Waals surface area contributed by atoms with E-state index >= 15 is 0 Å². The summed E-state index contributed by atoms with van der Waals surface area (Å²) in [6.45, 7) is 0. The van der Waals surface area contributed by atoms with Gasteiger partial charge in [0.15, 0.2) is 0 Å². The van der Waals surface area contributed by atoms with Gasteiger partial charge in [0.2, 0.25) is 0 Å². The molecule has 0 unspecified atom stereocenters. The van der Waals surface area contributed by atoms with Crippen LogP contribution >= 0.6 is 0 Å². The molecule has 1 spiro atoms. The average molecular weight is 139 g/mol. The molecule has 56 valence electrons. The molecule has 0 saturated heterocycles. The van der Waals surface area contributed by atoms with E-state index in [4.69, 9.17) is 4.84 Å². The molecule has 1 aliphatic heterocycles. The van der Waals surface area contributed by atoms with Crippen molar-refractivity contribution in [1.82, 2.24) is 5.48 Å². The lowest BCUT2D eigenvalue weighted by atomic mass is 9.97. The second-order valence-electron chi connectivity index (χ2n) is 3.22. The zero-order chi connectivity index (χ0) is 6.86. The van der Waals surface area contributed by atoms with Gasteiger partial charge in [0.1, 0.15) is 0 Å². The van der Waals surface area contributed by atoms with Crippen molar-refractivity contribution in [2.24, 2.45) is 0 Å². The number of hydrogen-bond acceptors (Lipinski definition) is 2. The molecule has 0 atom stereocenters. The summed E-state index contributed by atoms with van der Waals surface area (Å²) in [6.07, 6.45) is 10.2. The highest BCUT2D eigenvalue weighted by molar-refractivity contribution is 4.97. The van der Waals surface area contributed by atoms with Crippen LogP contribution in [0.1, 0.15) is 32.1 Å². The molecule has 1 aliphatic carbocycles. The molecule has 1 saturated carbocycles. The van der Waals surface area contributed by atoms with Gasteiger partial charge in [-0.15, -0.1) is 0 Å². The molecule has 0 radical (unpaired) electrons. The number of rotatable bonds is 0. The summed E-state index contributed by atoms with van der Waals surface area (Å²) in [5, 5.41) is 0. The van der Waals surface area contributed by atoms with Gasteiger partial charge in [-0.3, -0.25) is 10.3 Å². The Morgan fingerprint density at radius 2 is 2.10 bits per heavy atom. The Hall–Kier alpha value is -0.500. The summed E-state index contributed by atoms with van der Waals surface area (Å²) in [5.41, 5.74) is 3.01. The van der Waals surface area contributed by atoms with Gasteiger partial charge in [-0.25, -0.2) is 0 Å². The van der Waals surface area contributed by atoms with Crippen molar-refractivity contribution in [3.05, 3.63) is 12.3 Å². The quantitative estimate of drug-likeness (QED) is 0.552. The highest BCUT2D eigenvalue weighted by atomic mass is 16.7. The molecule has 2 aliphatic rings. The molecule has 1 fully saturated rings. The maximum atomic E-state index is 5.49. The fraction of sp³-hybridized carbons (Fsp3) is 0.750. The number of nitrogens with one attached hydrogen (secondary N) is 1. The molecule has 2 heteroatoms. The standard InChI is InChI=1S/C8H13NO/c1-2-5-8(4-1)6-3-7-9-10-8/h3,7,9H,1-2,4-6H2. The van der Waals surface area contributed by atoms with E-state index in [0.29, 0.717) is 0 Å². The smallest absolute Gasteiger partial charge is 0.0994 e. The van der Waals surface area contributed by atoms with E-state index in [0.717, 1.165) is 6.42 Å². The van der Waals surface area contributed by atoms with Gasteiger partial charge in [0, 0.05) is 6.20 Å². The lowest BCUT2D eigenvalue weighted by molar-refractivity contribution is -0.0914. The third-order valence-corrected chi connectivity index (χ3v) is 2.47. The third kappa shape index (κ3) is 0.926. The highest BCUT2D eigenvalue weighted by Gasteiger charge is 2.35. The van der Waals surface area contributed by atoms with Crippen LogP contribution in [0.2, 0.25) is 0 Å². The molecule has 2 rings (SSSR count). The first-order chi connectivity index (χ1) is 4.91. The van der Waals surface area contributed by atoms with Gasteiger partial charge < -0.3 is 0 Å². The van der Waals surface area contributed by atoms with Crippen molar-refractivity contribution in [2.75, 3.05) is 0 Å². The van der Waals surface area contributed by atoms with Crippen molar-refractivity contribution in [1.29, 1.82) is 0 Å². The summed E-state index contributed by atoms with van der Waals surface area (Å²) >= 11 is 0. The van der Waals surface area contributed by atoms with Crippen LogP contribution in [0, 0.1) is 0 Å². The molecule has 10 heavy (non-hydrogen) atoms. The summed E-state index contributed by atoms with van der Waals surface area (Å²) in [5.74, 6) is 0. The Labute approximate surface area is 61.2 Å². The fourth-order valence-electron chi connectivity index (χ4n) is 1.85. The summed E-state index contributed by atoms with van der Waals surface area (Å²) in [6, 6.07) is 0.